The normalized spacial score (nSPS) is 21.2. The molecule has 1 rings (SSSR count). The molecule has 1 atom stereocenters. The van der Waals surface area contributed by atoms with Gasteiger partial charge in [0, 0.05) is 38.8 Å². The van der Waals surface area contributed by atoms with E-state index in [1.807, 2.05) is 0 Å². The number of halogens is 3. The smallest absolute Gasteiger partial charge is 0.313 e. The summed E-state index contributed by atoms with van der Waals surface area (Å²) in [6.45, 7) is 7.80. The van der Waals surface area contributed by atoms with Gasteiger partial charge in [-0.05, 0) is 13.0 Å². The Labute approximate surface area is 107 Å². The lowest BCUT2D eigenvalue weighted by atomic mass is 10.2. The van der Waals surface area contributed by atoms with Gasteiger partial charge in [-0.2, -0.15) is 13.2 Å². The third-order valence-corrected chi connectivity index (χ3v) is 3.33. The van der Waals surface area contributed by atoms with E-state index in [4.69, 9.17) is 0 Å². The highest BCUT2D eigenvalue weighted by atomic mass is 19.4. The summed E-state index contributed by atoms with van der Waals surface area (Å²) in [6.07, 6.45) is -3.02. The molecular weight excluding hydrogens is 243 g/mol. The first-order chi connectivity index (χ1) is 8.44. The first-order valence-electron chi connectivity index (χ1n) is 6.69. The molecule has 0 aromatic heterocycles. The Morgan fingerprint density at radius 1 is 1.06 bits per heavy atom. The molecule has 1 aliphatic rings. The van der Waals surface area contributed by atoms with Crippen LogP contribution in [0.25, 0.3) is 0 Å². The maximum Gasteiger partial charge on any atom is 0.401 e. The van der Waals surface area contributed by atoms with E-state index in [1.165, 1.54) is 4.90 Å². The van der Waals surface area contributed by atoms with Crippen molar-refractivity contribution in [2.45, 2.75) is 32.5 Å². The van der Waals surface area contributed by atoms with Crippen LogP contribution < -0.4 is 5.32 Å². The molecule has 108 valence electrons. The number of alkyl halides is 3. The van der Waals surface area contributed by atoms with Gasteiger partial charge < -0.3 is 5.32 Å². The molecule has 1 unspecified atom stereocenters. The number of likely N-dealkylation sites (N-methyl/N-ethyl adjacent to an activating group) is 1. The Kier molecular flexibility index (Phi) is 6.38. The van der Waals surface area contributed by atoms with Crippen LogP contribution in [0.3, 0.4) is 0 Å². The third-order valence-electron chi connectivity index (χ3n) is 3.33. The molecule has 0 bridgehead atoms. The van der Waals surface area contributed by atoms with Crippen molar-refractivity contribution in [3.8, 4) is 0 Å². The molecule has 1 N–H and O–H groups in total. The third kappa shape index (κ3) is 6.02. The van der Waals surface area contributed by atoms with Crippen LogP contribution >= 0.6 is 0 Å². The van der Waals surface area contributed by atoms with Crippen molar-refractivity contribution in [3.05, 3.63) is 0 Å². The molecule has 0 aromatic rings. The number of nitrogens with one attached hydrogen (secondary N) is 1. The molecule has 6 heteroatoms. The van der Waals surface area contributed by atoms with Crippen LogP contribution in [0.4, 0.5) is 13.2 Å². The fourth-order valence-corrected chi connectivity index (χ4v) is 2.32. The Morgan fingerprint density at radius 2 is 1.61 bits per heavy atom. The van der Waals surface area contributed by atoms with E-state index in [0.29, 0.717) is 19.1 Å². The zero-order chi connectivity index (χ0) is 13.6. The van der Waals surface area contributed by atoms with Crippen molar-refractivity contribution in [2.75, 3.05) is 45.8 Å². The van der Waals surface area contributed by atoms with Crippen molar-refractivity contribution in [1.82, 2.24) is 15.1 Å². The minimum atomic E-state index is -4.07. The van der Waals surface area contributed by atoms with Gasteiger partial charge in [-0.1, -0.05) is 13.8 Å². The summed E-state index contributed by atoms with van der Waals surface area (Å²) in [5.41, 5.74) is 0. The molecule has 0 radical (unpaired) electrons. The molecule has 0 aromatic carbocycles. The number of nitrogens with zero attached hydrogens (tertiary/aromatic N) is 2. The van der Waals surface area contributed by atoms with Crippen LogP contribution in [-0.4, -0.2) is 67.8 Å². The van der Waals surface area contributed by atoms with Gasteiger partial charge in [-0.15, -0.1) is 0 Å². The molecule has 1 fully saturated rings. The van der Waals surface area contributed by atoms with Crippen LogP contribution in [-0.2, 0) is 0 Å². The lowest BCUT2D eigenvalue weighted by molar-refractivity contribution is -0.149. The molecule has 0 spiro atoms. The van der Waals surface area contributed by atoms with Crippen LogP contribution in [0.15, 0.2) is 0 Å². The first-order valence-corrected chi connectivity index (χ1v) is 6.69. The molecule has 0 aliphatic carbocycles. The van der Waals surface area contributed by atoms with Gasteiger partial charge in [0.05, 0.1) is 6.54 Å². The lowest BCUT2D eigenvalue weighted by Gasteiger charge is -2.36. The second kappa shape index (κ2) is 7.31. The number of hydrogen-bond donors (Lipinski definition) is 1. The second-order valence-electron chi connectivity index (χ2n) is 4.85. The van der Waals surface area contributed by atoms with Gasteiger partial charge in [-0.25, -0.2) is 0 Å². The summed E-state index contributed by atoms with van der Waals surface area (Å²) in [5, 5.41) is 3.39. The Balaban J connectivity index is 2.26. The number of rotatable bonds is 6. The molecule has 18 heavy (non-hydrogen) atoms. The molecular formula is C12H24F3N3. The maximum absolute atomic E-state index is 12.2. The topological polar surface area (TPSA) is 18.5 Å². The minimum Gasteiger partial charge on any atom is -0.313 e. The molecule has 1 heterocycles. The van der Waals surface area contributed by atoms with Crippen molar-refractivity contribution >= 4 is 0 Å². The minimum absolute atomic E-state index is 0.448. The van der Waals surface area contributed by atoms with Crippen LogP contribution in [0.1, 0.15) is 20.3 Å². The Morgan fingerprint density at radius 3 is 2.06 bits per heavy atom. The quantitative estimate of drug-likeness (QED) is 0.788. The fraction of sp³-hybridized carbons (Fsp3) is 1.00. The van der Waals surface area contributed by atoms with E-state index < -0.39 is 12.7 Å². The summed E-state index contributed by atoms with van der Waals surface area (Å²) in [5.74, 6) is 0. The molecule has 3 nitrogen and oxygen atoms in total. The Hall–Kier alpha value is -0.330. The van der Waals surface area contributed by atoms with E-state index in [9.17, 15) is 13.2 Å². The van der Waals surface area contributed by atoms with E-state index in [2.05, 4.69) is 24.1 Å². The van der Waals surface area contributed by atoms with Crippen molar-refractivity contribution in [2.24, 2.45) is 0 Å². The first kappa shape index (κ1) is 15.7. The molecule has 0 amide bonds. The largest absolute Gasteiger partial charge is 0.401 e. The van der Waals surface area contributed by atoms with E-state index in [0.717, 1.165) is 32.6 Å². The van der Waals surface area contributed by atoms with Crippen LogP contribution in [0.5, 0.6) is 0 Å². The average molecular weight is 267 g/mol. The zero-order valence-corrected chi connectivity index (χ0v) is 11.3. The number of piperazine rings is 1. The zero-order valence-electron chi connectivity index (χ0n) is 11.3. The van der Waals surface area contributed by atoms with Crippen molar-refractivity contribution in [1.29, 1.82) is 0 Å². The summed E-state index contributed by atoms with van der Waals surface area (Å²) in [4.78, 5) is 3.74. The van der Waals surface area contributed by atoms with Gasteiger partial charge >= 0.3 is 6.18 Å². The van der Waals surface area contributed by atoms with Crippen LogP contribution in [0, 0.1) is 0 Å². The second-order valence-corrected chi connectivity index (χ2v) is 4.85. The Bertz CT molecular complexity index is 225. The molecule has 1 aliphatic heterocycles. The van der Waals surface area contributed by atoms with Crippen molar-refractivity contribution in [3.63, 3.8) is 0 Å². The monoisotopic (exact) mass is 267 g/mol. The predicted molar refractivity (Wildman–Crippen MR) is 66.7 cm³/mol. The standard InChI is InChI=1S/C12H24F3N3/c1-3-11(16-4-2)9-17-5-7-18(8-6-17)10-12(13,14)15/h11,16H,3-10H2,1-2H3. The van der Waals surface area contributed by atoms with Gasteiger partial charge in [0.2, 0.25) is 0 Å². The van der Waals surface area contributed by atoms with E-state index in [-0.39, 0.29) is 0 Å². The molecule has 0 saturated carbocycles. The number of hydrogen-bond acceptors (Lipinski definition) is 3. The summed E-state index contributed by atoms with van der Waals surface area (Å²) in [7, 11) is 0. The van der Waals surface area contributed by atoms with E-state index in [1.54, 1.807) is 0 Å². The SMILES string of the molecule is CCNC(CC)CN1CCN(CC(F)(F)F)CC1. The van der Waals surface area contributed by atoms with Crippen molar-refractivity contribution < 1.29 is 13.2 Å². The fourth-order valence-electron chi connectivity index (χ4n) is 2.32. The predicted octanol–water partition coefficient (Wildman–Crippen LogP) is 1.55. The summed E-state index contributed by atoms with van der Waals surface area (Å²) >= 11 is 0. The average Bonchev–Trinajstić information content (AvgIpc) is 2.29. The molecule has 1 saturated heterocycles. The van der Waals surface area contributed by atoms with Crippen LogP contribution in [0.2, 0.25) is 0 Å². The van der Waals surface area contributed by atoms with E-state index >= 15 is 0 Å². The highest BCUT2D eigenvalue weighted by Gasteiger charge is 2.32. The van der Waals surface area contributed by atoms with Gasteiger partial charge in [0.25, 0.3) is 0 Å². The lowest BCUT2D eigenvalue weighted by Crippen LogP contribution is -2.52. The van der Waals surface area contributed by atoms with Gasteiger partial charge in [-0.3, -0.25) is 9.80 Å². The highest BCUT2D eigenvalue weighted by molar-refractivity contribution is 4.77. The van der Waals surface area contributed by atoms with Gasteiger partial charge in [0.1, 0.15) is 0 Å². The summed E-state index contributed by atoms with van der Waals surface area (Å²) in [6, 6.07) is 0.448. The highest BCUT2D eigenvalue weighted by Crippen LogP contribution is 2.17. The van der Waals surface area contributed by atoms with Gasteiger partial charge in [0.15, 0.2) is 0 Å². The summed E-state index contributed by atoms with van der Waals surface area (Å²) < 4.78 is 36.7. The maximum atomic E-state index is 12.2.